The summed E-state index contributed by atoms with van der Waals surface area (Å²) in [6.07, 6.45) is 4.29. The molecule has 0 N–H and O–H groups in total. The quantitative estimate of drug-likeness (QED) is 0.616. The molecule has 2 aromatic heterocycles. The van der Waals surface area contributed by atoms with E-state index in [2.05, 4.69) is 9.97 Å². The van der Waals surface area contributed by atoms with Crippen molar-refractivity contribution in [3.05, 3.63) is 48.3 Å². The predicted octanol–water partition coefficient (Wildman–Crippen LogP) is 2.46. The number of ether oxygens (including phenoxy) is 1. The maximum absolute atomic E-state index is 13.8. The van der Waals surface area contributed by atoms with E-state index in [0.717, 1.165) is 0 Å². The Morgan fingerprint density at radius 3 is 2.67 bits per heavy atom. The first-order valence-electron chi connectivity index (χ1n) is 5.46. The van der Waals surface area contributed by atoms with E-state index in [-0.39, 0.29) is 17.7 Å². The van der Waals surface area contributed by atoms with E-state index in [9.17, 15) is 9.18 Å². The van der Waals surface area contributed by atoms with Gasteiger partial charge in [0, 0.05) is 18.6 Å². The molecule has 5 heteroatoms. The summed E-state index contributed by atoms with van der Waals surface area (Å²) in [6, 6.07) is 4.67. The zero-order valence-electron chi connectivity index (χ0n) is 9.76. The van der Waals surface area contributed by atoms with Gasteiger partial charge in [-0.3, -0.25) is 4.98 Å². The van der Waals surface area contributed by atoms with Crippen LogP contribution >= 0.6 is 0 Å². The average Bonchev–Trinajstić information content (AvgIpc) is 2.39. The van der Waals surface area contributed by atoms with Crippen molar-refractivity contribution in [2.24, 2.45) is 0 Å². The van der Waals surface area contributed by atoms with Crippen molar-refractivity contribution in [2.45, 2.75) is 6.92 Å². The zero-order valence-corrected chi connectivity index (χ0v) is 9.76. The van der Waals surface area contributed by atoms with Crippen molar-refractivity contribution >= 4 is 5.97 Å². The second-order valence-electron chi connectivity index (χ2n) is 3.48. The van der Waals surface area contributed by atoms with Gasteiger partial charge in [-0.15, -0.1) is 0 Å². The Labute approximate surface area is 103 Å². The van der Waals surface area contributed by atoms with E-state index in [1.165, 1.54) is 24.7 Å². The predicted molar refractivity (Wildman–Crippen MR) is 63.4 cm³/mol. The molecule has 0 aromatic carbocycles. The highest BCUT2D eigenvalue weighted by Gasteiger charge is 2.18. The highest BCUT2D eigenvalue weighted by Crippen LogP contribution is 2.25. The minimum absolute atomic E-state index is 0.137. The van der Waals surface area contributed by atoms with E-state index in [1.807, 2.05) is 0 Å². The number of carbonyl (C=O) groups excluding carboxylic acids is 1. The van der Waals surface area contributed by atoms with Crippen LogP contribution in [0.25, 0.3) is 11.1 Å². The van der Waals surface area contributed by atoms with Crippen LogP contribution in [0.4, 0.5) is 4.39 Å². The number of hydrogen-bond acceptors (Lipinski definition) is 4. The van der Waals surface area contributed by atoms with Crippen molar-refractivity contribution in [3.8, 4) is 11.1 Å². The molecule has 2 aromatic rings. The summed E-state index contributed by atoms with van der Waals surface area (Å²) >= 11 is 0. The summed E-state index contributed by atoms with van der Waals surface area (Å²) in [5, 5.41) is 0. The van der Waals surface area contributed by atoms with Crippen LogP contribution in [-0.4, -0.2) is 22.5 Å². The Balaban J connectivity index is 2.55. The molecular weight excluding hydrogens is 235 g/mol. The molecule has 0 bridgehead atoms. The standard InChI is InChI=1S/C13H11FN2O2/c1-2-18-13(17)10-5-8-16-12(14)11(10)9-3-6-15-7-4-9/h3-8H,2H2,1H3. The molecule has 2 heterocycles. The topological polar surface area (TPSA) is 52.1 Å². The molecule has 2 rings (SSSR count). The Morgan fingerprint density at radius 1 is 1.28 bits per heavy atom. The van der Waals surface area contributed by atoms with Crippen molar-refractivity contribution in [1.29, 1.82) is 0 Å². The molecule has 4 nitrogen and oxygen atoms in total. The number of pyridine rings is 2. The number of aromatic nitrogens is 2. The van der Waals surface area contributed by atoms with E-state index in [0.29, 0.717) is 5.56 Å². The third-order valence-electron chi connectivity index (χ3n) is 2.37. The third-order valence-corrected chi connectivity index (χ3v) is 2.37. The van der Waals surface area contributed by atoms with Gasteiger partial charge in [0.1, 0.15) is 0 Å². The number of rotatable bonds is 3. The Hall–Kier alpha value is -2.30. The lowest BCUT2D eigenvalue weighted by atomic mass is 10.0. The third kappa shape index (κ3) is 2.34. The van der Waals surface area contributed by atoms with Gasteiger partial charge in [-0.2, -0.15) is 4.39 Å². The van der Waals surface area contributed by atoms with Gasteiger partial charge in [0.05, 0.1) is 17.7 Å². The monoisotopic (exact) mass is 246 g/mol. The van der Waals surface area contributed by atoms with Gasteiger partial charge in [-0.05, 0) is 30.7 Å². The van der Waals surface area contributed by atoms with Gasteiger partial charge in [-0.25, -0.2) is 9.78 Å². The van der Waals surface area contributed by atoms with Gasteiger partial charge in [0.25, 0.3) is 0 Å². The highest BCUT2D eigenvalue weighted by molar-refractivity contribution is 5.97. The zero-order chi connectivity index (χ0) is 13.0. The van der Waals surface area contributed by atoms with E-state index in [4.69, 9.17) is 4.74 Å². The summed E-state index contributed by atoms with van der Waals surface area (Å²) in [7, 11) is 0. The Bertz CT molecular complexity index is 558. The smallest absolute Gasteiger partial charge is 0.338 e. The molecule has 0 unspecified atom stereocenters. The Kier molecular flexibility index (Phi) is 3.62. The number of nitrogens with zero attached hydrogens (tertiary/aromatic N) is 2. The lowest BCUT2D eigenvalue weighted by Gasteiger charge is -2.08. The fourth-order valence-corrected chi connectivity index (χ4v) is 1.61. The van der Waals surface area contributed by atoms with E-state index < -0.39 is 11.9 Å². The van der Waals surface area contributed by atoms with Crippen LogP contribution in [0.2, 0.25) is 0 Å². The molecule has 18 heavy (non-hydrogen) atoms. The van der Waals surface area contributed by atoms with Crippen LogP contribution in [0, 0.1) is 5.95 Å². The lowest BCUT2D eigenvalue weighted by Crippen LogP contribution is -2.08. The molecule has 0 spiro atoms. The van der Waals surface area contributed by atoms with Crippen molar-refractivity contribution in [3.63, 3.8) is 0 Å². The van der Waals surface area contributed by atoms with Gasteiger partial charge < -0.3 is 4.74 Å². The molecule has 92 valence electrons. The highest BCUT2D eigenvalue weighted by atomic mass is 19.1. The fraction of sp³-hybridized carbons (Fsp3) is 0.154. The maximum atomic E-state index is 13.8. The average molecular weight is 246 g/mol. The van der Waals surface area contributed by atoms with Crippen LogP contribution < -0.4 is 0 Å². The normalized spacial score (nSPS) is 10.1. The number of halogens is 1. The van der Waals surface area contributed by atoms with Gasteiger partial charge in [0.2, 0.25) is 5.95 Å². The summed E-state index contributed by atoms with van der Waals surface area (Å²) in [4.78, 5) is 19.2. The molecule has 0 saturated carbocycles. The fourth-order valence-electron chi connectivity index (χ4n) is 1.61. The summed E-state index contributed by atoms with van der Waals surface area (Å²) in [6.45, 7) is 1.93. The van der Waals surface area contributed by atoms with Crippen LogP contribution in [-0.2, 0) is 4.74 Å². The molecule has 0 aliphatic rings. The molecule has 0 atom stereocenters. The first-order valence-corrected chi connectivity index (χ1v) is 5.46. The van der Waals surface area contributed by atoms with Crippen LogP contribution in [0.15, 0.2) is 36.8 Å². The minimum atomic E-state index is -0.702. The number of hydrogen-bond donors (Lipinski definition) is 0. The van der Waals surface area contributed by atoms with Gasteiger partial charge >= 0.3 is 5.97 Å². The molecular formula is C13H11FN2O2. The van der Waals surface area contributed by atoms with Crippen molar-refractivity contribution < 1.29 is 13.9 Å². The van der Waals surface area contributed by atoms with E-state index >= 15 is 0 Å². The van der Waals surface area contributed by atoms with E-state index in [1.54, 1.807) is 19.1 Å². The largest absolute Gasteiger partial charge is 0.462 e. The number of carbonyl (C=O) groups is 1. The summed E-state index contributed by atoms with van der Waals surface area (Å²) < 4.78 is 18.7. The number of esters is 1. The summed E-state index contributed by atoms with van der Waals surface area (Å²) in [5.41, 5.74) is 0.840. The molecule has 0 fully saturated rings. The Morgan fingerprint density at radius 2 is 2.00 bits per heavy atom. The second kappa shape index (κ2) is 5.35. The first kappa shape index (κ1) is 12.2. The molecule has 0 saturated heterocycles. The summed E-state index contributed by atoms with van der Waals surface area (Å²) in [5.74, 6) is -1.27. The van der Waals surface area contributed by atoms with Gasteiger partial charge in [0.15, 0.2) is 0 Å². The maximum Gasteiger partial charge on any atom is 0.338 e. The second-order valence-corrected chi connectivity index (χ2v) is 3.48. The van der Waals surface area contributed by atoms with Crippen LogP contribution in [0.5, 0.6) is 0 Å². The van der Waals surface area contributed by atoms with Crippen LogP contribution in [0.1, 0.15) is 17.3 Å². The molecule has 0 aliphatic heterocycles. The van der Waals surface area contributed by atoms with Crippen molar-refractivity contribution in [2.75, 3.05) is 6.61 Å². The molecule has 0 amide bonds. The van der Waals surface area contributed by atoms with Crippen molar-refractivity contribution in [1.82, 2.24) is 9.97 Å². The van der Waals surface area contributed by atoms with Gasteiger partial charge in [-0.1, -0.05) is 0 Å². The minimum Gasteiger partial charge on any atom is -0.462 e. The molecule has 0 aliphatic carbocycles. The molecule has 0 radical (unpaired) electrons. The lowest BCUT2D eigenvalue weighted by molar-refractivity contribution is 0.0526. The SMILES string of the molecule is CCOC(=O)c1ccnc(F)c1-c1ccncc1. The van der Waals surface area contributed by atoms with Crippen LogP contribution in [0.3, 0.4) is 0 Å². The first-order chi connectivity index (χ1) is 8.74.